The number of amides is 1. The number of hydrogen-bond acceptors (Lipinski definition) is 5. The molecule has 1 amide bonds. The number of methoxy groups -OCH3 is 1. The summed E-state index contributed by atoms with van der Waals surface area (Å²) in [6.07, 6.45) is -0.590. The van der Waals surface area contributed by atoms with Gasteiger partial charge in [-0.25, -0.2) is 9.59 Å². The molecular weight excluding hydrogens is 226 g/mol. The number of rotatable bonds is 1. The first kappa shape index (κ1) is 13.3. The molecule has 1 aliphatic heterocycles. The Labute approximate surface area is 99.8 Å². The van der Waals surface area contributed by atoms with Crippen LogP contribution in [0.25, 0.3) is 0 Å². The zero-order valence-corrected chi connectivity index (χ0v) is 10.4. The molecule has 6 nitrogen and oxygen atoms in total. The molecule has 6 heteroatoms. The topological polar surface area (TPSA) is 78.9 Å². The first-order chi connectivity index (χ1) is 7.76. The molecule has 0 fully saturated rings. The fraction of sp³-hybridized carbons (Fsp3) is 0.636. The molecule has 0 N–H and O–H groups in total. The summed E-state index contributed by atoms with van der Waals surface area (Å²) >= 11 is 0. The normalized spacial score (nSPS) is 16.1. The summed E-state index contributed by atoms with van der Waals surface area (Å²) in [6.45, 7) is 5.28. The van der Waals surface area contributed by atoms with Gasteiger partial charge in [0.2, 0.25) is 0 Å². The van der Waals surface area contributed by atoms with Crippen molar-refractivity contribution in [3.63, 3.8) is 0 Å². The lowest BCUT2D eigenvalue weighted by atomic mass is 10.2. The first-order valence-electron chi connectivity index (χ1n) is 5.25. The Morgan fingerprint density at radius 1 is 1.35 bits per heavy atom. The van der Waals surface area contributed by atoms with Crippen molar-refractivity contribution in [3.8, 4) is 0 Å². The van der Waals surface area contributed by atoms with Crippen molar-refractivity contribution in [1.29, 1.82) is 0 Å². The van der Waals surface area contributed by atoms with E-state index < -0.39 is 23.4 Å². The molecule has 0 unspecified atom stereocenters. The molecule has 0 aromatic heterocycles. The fourth-order valence-corrected chi connectivity index (χ4v) is 1.41. The van der Waals surface area contributed by atoms with Gasteiger partial charge in [0.15, 0.2) is 0 Å². The molecule has 0 radical (unpaired) electrons. The van der Waals surface area contributed by atoms with Gasteiger partial charge in [-0.1, -0.05) is 5.76 Å². The number of carbonyl (C=O) groups is 2. The third-order valence-electron chi connectivity index (χ3n) is 2.09. The summed E-state index contributed by atoms with van der Waals surface area (Å²) in [6, 6.07) is 0. The van der Waals surface area contributed by atoms with Gasteiger partial charge < -0.3 is 14.6 Å². The van der Waals surface area contributed by atoms with E-state index in [2.05, 4.69) is 4.74 Å². The maximum atomic E-state index is 11.8. The predicted octanol–water partition coefficient (Wildman–Crippen LogP) is 0.372. The molecule has 0 aromatic rings. The molecule has 1 heterocycles. The van der Waals surface area contributed by atoms with Crippen LogP contribution >= 0.6 is 0 Å². The Balaban J connectivity index is 2.86. The molecule has 0 atom stereocenters. The minimum absolute atomic E-state index is 0.115. The maximum absolute atomic E-state index is 11.8. The van der Waals surface area contributed by atoms with E-state index in [1.54, 1.807) is 20.8 Å². The molecule has 1 rings (SSSR count). The van der Waals surface area contributed by atoms with Gasteiger partial charge in [-0.05, 0) is 27.2 Å². The van der Waals surface area contributed by atoms with Crippen LogP contribution in [0.2, 0.25) is 0 Å². The van der Waals surface area contributed by atoms with Crippen molar-refractivity contribution in [2.45, 2.75) is 32.8 Å². The second kappa shape index (κ2) is 4.65. The summed E-state index contributed by atoms with van der Waals surface area (Å²) in [5.41, 5.74) is -0.925. The van der Waals surface area contributed by atoms with Crippen LogP contribution in [0.15, 0.2) is 11.5 Å². The standard InChI is InChI=1S/C11H17NO5/c1-11(2,3)17-10(15)12-6-5-7(13)8(12)9(14)16-4/h13H,5-6H2,1-4H3/p-1. The largest absolute Gasteiger partial charge is 0.874 e. The predicted molar refractivity (Wildman–Crippen MR) is 56.6 cm³/mol. The Bertz CT molecular complexity index is 367. The Hall–Kier alpha value is -1.72. The van der Waals surface area contributed by atoms with Crippen molar-refractivity contribution in [2.24, 2.45) is 0 Å². The lowest BCUT2D eigenvalue weighted by molar-refractivity contribution is -0.306. The van der Waals surface area contributed by atoms with Gasteiger partial charge in [0.05, 0.1) is 7.11 Å². The smallest absolute Gasteiger partial charge is 0.415 e. The molecule has 17 heavy (non-hydrogen) atoms. The average Bonchev–Trinajstić information content (AvgIpc) is 2.56. The summed E-state index contributed by atoms with van der Waals surface area (Å²) < 4.78 is 9.57. The Kier molecular flexibility index (Phi) is 3.65. The zero-order chi connectivity index (χ0) is 13.2. The third-order valence-corrected chi connectivity index (χ3v) is 2.09. The molecule has 96 valence electrons. The summed E-state index contributed by atoms with van der Waals surface area (Å²) in [4.78, 5) is 24.2. The van der Waals surface area contributed by atoms with Gasteiger partial charge >= 0.3 is 12.1 Å². The van der Waals surface area contributed by atoms with Crippen molar-refractivity contribution in [3.05, 3.63) is 11.5 Å². The van der Waals surface area contributed by atoms with Crippen LogP contribution < -0.4 is 5.11 Å². The van der Waals surface area contributed by atoms with E-state index in [4.69, 9.17) is 4.74 Å². The molecule has 1 aliphatic rings. The van der Waals surface area contributed by atoms with Gasteiger partial charge in [-0.2, -0.15) is 0 Å². The quantitative estimate of drug-likeness (QED) is 0.621. The van der Waals surface area contributed by atoms with Crippen molar-refractivity contribution >= 4 is 12.1 Å². The summed E-state index contributed by atoms with van der Waals surface area (Å²) in [5.74, 6) is -1.21. The number of carbonyl (C=O) groups excluding carboxylic acids is 2. The van der Waals surface area contributed by atoms with Crippen molar-refractivity contribution in [2.75, 3.05) is 13.7 Å². The maximum Gasteiger partial charge on any atom is 0.415 e. The van der Waals surface area contributed by atoms with Gasteiger partial charge in [0.1, 0.15) is 11.3 Å². The van der Waals surface area contributed by atoms with E-state index in [0.717, 1.165) is 12.0 Å². The van der Waals surface area contributed by atoms with E-state index in [1.807, 2.05) is 0 Å². The van der Waals surface area contributed by atoms with Gasteiger partial charge in [0, 0.05) is 6.54 Å². The second-order valence-electron chi connectivity index (χ2n) is 4.65. The van der Waals surface area contributed by atoms with Crippen molar-refractivity contribution in [1.82, 2.24) is 4.90 Å². The van der Waals surface area contributed by atoms with E-state index in [0.29, 0.717) is 0 Å². The van der Waals surface area contributed by atoms with Crippen LogP contribution in [0.5, 0.6) is 0 Å². The van der Waals surface area contributed by atoms with Crippen LogP contribution in [-0.4, -0.2) is 36.2 Å². The van der Waals surface area contributed by atoms with Crippen LogP contribution in [0.3, 0.4) is 0 Å². The minimum Gasteiger partial charge on any atom is -0.874 e. The van der Waals surface area contributed by atoms with E-state index in [1.165, 1.54) is 0 Å². The number of hydrogen-bond donors (Lipinski definition) is 0. The fourth-order valence-electron chi connectivity index (χ4n) is 1.41. The molecule has 0 spiro atoms. The van der Waals surface area contributed by atoms with Gasteiger partial charge in [0.25, 0.3) is 0 Å². The highest BCUT2D eigenvalue weighted by molar-refractivity contribution is 5.93. The second-order valence-corrected chi connectivity index (χ2v) is 4.65. The number of nitrogens with zero attached hydrogens (tertiary/aromatic N) is 1. The zero-order valence-electron chi connectivity index (χ0n) is 10.4. The van der Waals surface area contributed by atoms with Gasteiger partial charge in [-0.15, -0.1) is 0 Å². The molecular formula is C11H16NO5-. The number of esters is 1. The monoisotopic (exact) mass is 242 g/mol. The van der Waals surface area contributed by atoms with Gasteiger partial charge in [-0.3, -0.25) is 4.90 Å². The molecule has 0 bridgehead atoms. The summed E-state index contributed by atoms with van der Waals surface area (Å²) in [5, 5.41) is 11.5. The molecule has 0 aromatic carbocycles. The first-order valence-corrected chi connectivity index (χ1v) is 5.25. The SMILES string of the molecule is COC(=O)C1=C([O-])CCN1C(=O)OC(C)(C)C. The lowest BCUT2D eigenvalue weighted by Gasteiger charge is -2.25. The Morgan fingerprint density at radius 2 is 1.94 bits per heavy atom. The van der Waals surface area contributed by atoms with E-state index in [-0.39, 0.29) is 18.7 Å². The minimum atomic E-state index is -0.807. The van der Waals surface area contributed by atoms with Crippen LogP contribution in [0.4, 0.5) is 4.79 Å². The highest BCUT2D eigenvalue weighted by Gasteiger charge is 2.32. The van der Waals surface area contributed by atoms with Crippen LogP contribution in [0, 0.1) is 0 Å². The highest BCUT2D eigenvalue weighted by atomic mass is 16.6. The van der Waals surface area contributed by atoms with Crippen LogP contribution in [0.1, 0.15) is 27.2 Å². The van der Waals surface area contributed by atoms with Crippen LogP contribution in [-0.2, 0) is 14.3 Å². The average molecular weight is 242 g/mol. The number of ether oxygens (including phenoxy) is 2. The van der Waals surface area contributed by atoms with E-state index in [9.17, 15) is 14.7 Å². The third kappa shape index (κ3) is 3.12. The van der Waals surface area contributed by atoms with E-state index >= 15 is 0 Å². The van der Waals surface area contributed by atoms with Crippen molar-refractivity contribution < 1.29 is 24.2 Å². The summed E-state index contributed by atoms with van der Waals surface area (Å²) in [7, 11) is 1.16. The Morgan fingerprint density at radius 3 is 2.41 bits per heavy atom. The molecule has 0 saturated carbocycles. The lowest BCUT2D eigenvalue weighted by Crippen LogP contribution is -2.37. The molecule has 0 saturated heterocycles. The molecule has 0 aliphatic carbocycles. The highest BCUT2D eigenvalue weighted by Crippen LogP contribution is 2.22.